The highest BCUT2D eigenvalue weighted by molar-refractivity contribution is 5.97. The molecule has 0 bridgehead atoms. The number of carbonyl (C=O) groups excluding carboxylic acids is 1. The van der Waals surface area contributed by atoms with Gasteiger partial charge >= 0.3 is 0 Å². The third kappa shape index (κ3) is 2.36. The zero-order valence-electron chi connectivity index (χ0n) is 14.1. The van der Waals surface area contributed by atoms with Gasteiger partial charge in [0, 0.05) is 24.1 Å². The van der Waals surface area contributed by atoms with Crippen LogP contribution in [-0.4, -0.2) is 33.4 Å². The lowest BCUT2D eigenvalue weighted by atomic mass is 9.74. The number of piperidine rings is 1. The molecule has 1 amide bonds. The molecule has 0 radical (unpaired) electrons. The van der Waals surface area contributed by atoms with Crippen LogP contribution in [0.15, 0.2) is 48.8 Å². The smallest absolute Gasteiger partial charge is 0.254 e. The number of likely N-dealkylation sites (tertiary alicyclic amines) is 1. The van der Waals surface area contributed by atoms with E-state index in [0.717, 1.165) is 42.4 Å². The van der Waals surface area contributed by atoms with Crippen LogP contribution in [0.2, 0.25) is 0 Å². The molecule has 0 spiro atoms. The van der Waals surface area contributed by atoms with Crippen molar-refractivity contribution in [1.29, 1.82) is 0 Å². The van der Waals surface area contributed by atoms with Gasteiger partial charge in [0.25, 0.3) is 5.91 Å². The molecular weight excluding hydrogens is 310 g/mol. The van der Waals surface area contributed by atoms with E-state index in [9.17, 15) is 4.79 Å². The predicted octanol–water partition coefficient (Wildman–Crippen LogP) is 3.90. The lowest BCUT2D eigenvalue weighted by Gasteiger charge is -2.45. The third-order valence-corrected chi connectivity index (χ3v) is 5.87. The van der Waals surface area contributed by atoms with Crippen molar-refractivity contribution in [2.45, 2.75) is 37.6 Å². The summed E-state index contributed by atoms with van der Waals surface area (Å²) in [7, 11) is 0. The number of rotatable bonds is 1. The molecule has 2 heterocycles. The summed E-state index contributed by atoms with van der Waals surface area (Å²) in [5.41, 5.74) is 5.50. The Morgan fingerprint density at radius 1 is 1.16 bits per heavy atom. The number of H-pyrrole nitrogens is 1. The number of carbonyl (C=O) groups is 1. The minimum atomic E-state index is 0.152. The number of hydrogen-bond donors (Lipinski definition) is 1. The molecule has 0 unspecified atom stereocenters. The van der Waals surface area contributed by atoms with E-state index < -0.39 is 0 Å². The van der Waals surface area contributed by atoms with Gasteiger partial charge in [-0.3, -0.25) is 4.79 Å². The zero-order valence-corrected chi connectivity index (χ0v) is 14.1. The number of imidazole rings is 1. The van der Waals surface area contributed by atoms with Gasteiger partial charge in [0.2, 0.25) is 0 Å². The Morgan fingerprint density at radius 2 is 2.08 bits per heavy atom. The second-order valence-corrected chi connectivity index (χ2v) is 7.19. The minimum absolute atomic E-state index is 0.152. The number of aromatic nitrogens is 2. The molecule has 4 heteroatoms. The van der Waals surface area contributed by atoms with Gasteiger partial charge in [0.1, 0.15) is 0 Å². The van der Waals surface area contributed by atoms with E-state index in [1.807, 2.05) is 18.2 Å². The third-order valence-electron chi connectivity index (χ3n) is 5.87. The van der Waals surface area contributed by atoms with Crippen LogP contribution in [0, 0.1) is 0 Å². The second-order valence-electron chi connectivity index (χ2n) is 7.19. The molecule has 4 nitrogen and oxygen atoms in total. The van der Waals surface area contributed by atoms with Crippen LogP contribution in [-0.2, 0) is 6.42 Å². The highest BCUT2D eigenvalue weighted by Gasteiger charge is 2.38. The first kappa shape index (κ1) is 14.7. The standard InChI is InChI=1S/C21H21N3O/c25-21(15-7-9-18-19(12-15)23-13-22-18)24-11-3-6-17-16-5-2-1-4-14(16)8-10-20(17)24/h1-2,4-5,7,9,12-13,17,20H,3,6,8,10-11H2,(H,22,23)/t17-,20-/m1/s1. The fraction of sp³-hybridized carbons (Fsp3) is 0.333. The van der Waals surface area contributed by atoms with Crippen molar-refractivity contribution in [1.82, 2.24) is 14.9 Å². The highest BCUT2D eigenvalue weighted by Crippen LogP contribution is 2.41. The Bertz CT molecular complexity index is 945. The van der Waals surface area contributed by atoms with Crippen molar-refractivity contribution in [3.05, 3.63) is 65.5 Å². The highest BCUT2D eigenvalue weighted by atomic mass is 16.2. The maximum absolute atomic E-state index is 13.2. The van der Waals surface area contributed by atoms with Crippen molar-refractivity contribution in [3.63, 3.8) is 0 Å². The number of nitrogens with one attached hydrogen (secondary N) is 1. The molecular formula is C21H21N3O. The fourth-order valence-corrected chi connectivity index (χ4v) is 4.69. The lowest BCUT2D eigenvalue weighted by Crippen LogP contribution is -2.49. The van der Waals surface area contributed by atoms with E-state index in [2.05, 4.69) is 39.1 Å². The van der Waals surface area contributed by atoms with Gasteiger partial charge in [0.05, 0.1) is 17.4 Å². The first-order valence-electron chi connectivity index (χ1n) is 9.13. The normalized spacial score (nSPS) is 22.5. The van der Waals surface area contributed by atoms with E-state index >= 15 is 0 Å². The Kier molecular flexibility index (Phi) is 3.37. The molecule has 3 aromatic rings. The summed E-state index contributed by atoms with van der Waals surface area (Å²) >= 11 is 0. The molecule has 25 heavy (non-hydrogen) atoms. The van der Waals surface area contributed by atoms with E-state index in [4.69, 9.17) is 0 Å². The molecule has 126 valence electrons. The Morgan fingerprint density at radius 3 is 3.04 bits per heavy atom. The van der Waals surface area contributed by atoms with Gasteiger partial charge in [0.15, 0.2) is 0 Å². The molecule has 1 N–H and O–H groups in total. The summed E-state index contributed by atoms with van der Waals surface area (Å²) in [4.78, 5) is 22.7. The number of fused-ring (bicyclic) bond motifs is 4. The molecule has 5 rings (SSSR count). The second kappa shape index (κ2) is 5.73. The van der Waals surface area contributed by atoms with Crippen molar-refractivity contribution in [3.8, 4) is 0 Å². The summed E-state index contributed by atoms with van der Waals surface area (Å²) in [5.74, 6) is 0.635. The van der Waals surface area contributed by atoms with Crippen LogP contribution in [0.4, 0.5) is 0 Å². The van der Waals surface area contributed by atoms with Crippen LogP contribution >= 0.6 is 0 Å². The van der Waals surface area contributed by atoms with Crippen molar-refractivity contribution in [2.75, 3.05) is 6.54 Å². The largest absolute Gasteiger partial charge is 0.345 e. The van der Waals surface area contributed by atoms with Crippen LogP contribution in [0.25, 0.3) is 11.0 Å². The number of nitrogens with zero attached hydrogens (tertiary/aromatic N) is 2. The number of hydrogen-bond acceptors (Lipinski definition) is 2. The number of aromatic amines is 1. The lowest BCUT2D eigenvalue weighted by molar-refractivity contribution is 0.0547. The average Bonchev–Trinajstić information content (AvgIpc) is 3.14. The first-order chi connectivity index (χ1) is 12.3. The topological polar surface area (TPSA) is 49.0 Å². The van der Waals surface area contributed by atoms with Crippen molar-refractivity contribution < 1.29 is 4.79 Å². The molecule has 2 aromatic carbocycles. The number of aryl methyl sites for hydroxylation is 1. The van der Waals surface area contributed by atoms with E-state index in [0.29, 0.717) is 12.0 Å². The van der Waals surface area contributed by atoms with Gasteiger partial charge < -0.3 is 9.88 Å². The predicted molar refractivity (Wildman–Crippen MR) is 97.7 cm³/mol. The summed E-state index contributed by atoms with van der Waals surface area (Å²) in [6.07, 6.45) is 6.07. The fourth-order valence-electron chi connectivity index (χ4n) is 4.69. The van der Waals surface area contributed by atoms with Crippen LogP contribution in [0.3, 0.4) is 0 Å². The molecule has 2 aliphatic rings. The molecule has 1 fully saturated rings. The summed E-state index contributed by atoms with van der Waals surface area (Å²) in [6.45, 7) is 0.862. The van der Waals surface area contributed by atoms with Gasteiger partial charge in [-0.25, -0.2) is 4.98 Å². The van der Waals surface area contributed by atoms with Gasteiger partial charge in [-0.2, -0.15) is 0 Å². The van der Waals surface area contributed by atoms with E-state index in [-0.39, 0.29) is 5.91 Å². The Labute approximate surface area is 146 Å². The summed E-state index contributed by atoms with van der Waals surface area (Å²) in [6, 6.07) is 14.9. The quantitative estimate of drug-likeness (QED) is 0.735. The van der Waals surface area contributed by atoms with Crippen molar-refractivity contribution in [2.24, 2.45) is 0 Å². The van der Waals surface area contributed by atoms with Gasteiger partial charge in [-0.1, -0.05) is 24.3 Å². The molecule has 1 aliphatic carbocycles. The average molecular weight is 331 g/mol. The van der Waals surface area contributed by atoms with Gasteiger partial charge in [-0.05, 0) is 55.0 Å². The Hall–Kier alpha value is -2.62. The molecule has 0 saturated carbocycles. The first-order valence-corrected chi connectivity index (χ1v) is 9.13. The maximum atomic E-state index is 13.2. The summed E-state index contributed by atoms with van der Waals surface area (Å²) < 4.78 is 0. The minimum Gasteiger partial charge on any atom is -0.345 e. The van der Waals surface area contributed by atoms with Crippen LogP contribution < -0.4 is 0 Å². The zero-order chi connectivity index (χ0) is 16.8. The maximum Gasteiger partial charge on any atom is 0.254 e. The van der Waals surface area contributed by atoms with E-state index in [1.165, 1.54) is 17.5 Å². The SMILES string of the molecule is O=C(c1ccc2[nH]cnc2c1)N1CCC[C@@H]2c3ccccc3CC[C@H]21. The number of benzene rings is 2. The molecule has 1 saturated heterocycles. The Balaban J connectivity index is 1.48. The monoisotopic (exact) mass is 331 g/mol. The van der Waals surface area contributed by atoms with Crippen molar-refractivity contribution >= 4 is 16.9 Å². The molecule has 1 aliphatic heterocycles. The number of amides is 1. The molecule has 2 atom stereocenters. The van der Waals surface area contributed by atoms with Crippen LogP contribution in [0.1, 0.15) is 46.7 Å². The van der Waals surface area contributed by atoms with Gasteiger partial charge in [-0.15, -0.1) is 0 Å². The molecule has 1 aromatic heterocycles. The summed E-state index contributed by atoms with van der Waals surface area (Å²) in [5, 5.41) is 0. The van der Waals surface area contributed by atoms with Crippen LogP contribution in [0.5, 0.6) is 0 Å². The van der Waals surface area contributed by atoms with E-state index in [1.54, 1.807) is 6.33 Å².